The van der Waals surface area contributed by atoms with Gasteiger partial charge in [0.2, 0.25) is 0 Å². The highest BCUT2D eigenvalue weighted by atomic mass is 32.2. The lowest BCUT2D eigenvalue weighted by Gasteiger charge is -2.20. The fourth-order valence-electron chi connectivity index (χ4n) is 3.00. The minimum atomic E-state index is -4.48. The summed E-state index contributed by atoms with van der Waals surface area (Å²) < 4.78 is 62.7. The molecule has 27 heavy (non-hydrogen) atoms. The molecule has 1 fully saturated rings. The van der Waals surface area contributed by atoms with E-state index in [1.54, 1.807) is 31.2 Å². The number of rotatable bonds is 7. The van der Waals surface area contributed by atoms with Crippen LogP contribution in [-0.4, -0.2) is 19.2 Å². The van der Waals surface area contributed by atoms with Crippen LogP contribution in [0.5, 0.6) is 0 Å². The number of sulfone groups is 1. The van der Waals surface area contributed by atoms with E-state index in [9.17, 15) is 21.6 Å². The maximum atomic E-state index is 12.8. The van der Waals surface area contributed by atoms with Crippen LogP contribution in [0.1, 0.15) is 42.8 Å². The van der Waals surface area contributed by atoms with Crippen molar-refractivity contribution in [1.29, 1.82) is 0 Å². The number of nitrogens with one attached hydrogen (secondary N) is 1. The van der Waals surface area contributed by atoms with Gasteiger partial charge in [-0.2, -0.15) is 13.2 Å². The molecule has 0 bridgehead atoms. The average molecular weight is 398 g/mol. The van der Waals surface area contributed by atoms with E-state index in [1.165, 1.54) is 6.07 Å². The molecular formula is C19H21F3N2O2S. The third-order valence-corrected chi connectivity index (χ3v) is 6.38. The molecule has 1 aromatic heterocycles. The molecule has 3 rings (SSSR count). The zero-order valence-electron chi connectivity index (χ0n) is 14.8. The summed E-state index contributed by atoms with van der Waals surface area (Å²) in [6.07, 6.45) is -2.48. The number of pyridine rings is 1. The fraction of sp³-hybridized carbons (Fsp3) is 0.421. The Bertz CT molecular complexity index is 909. The number of benzene rings is 1. The van der Waals surface area contributed by atoms with Gasteiger partial charge < -0.3 is 5.32 Å². The maximum Gasteiger partial charge on any atom is 0.433 e. The summed E-state index contributed by atoms with van der Waals surface area (Å²) >= 11 is 0. The first-order valence-electron chi connectivity index (χ1n) is 8.80. The van der Waals surface area contributed by atoms with Crippen molar-refractivity contribution in [2.45, 2.75) is 43.4 Å². The normalized spacial score (nSPS) is 16.3. The SMILES string of the molecule is CCS(=O)(=O)c1cccc([C@@H](NCc2cccc(C(F)(F)F)n2)C2CC2)c1. The molecule has 8 heteroatoms. The summed E-state index contributed by atoms with van der Waals surface area (Å²) in [6.45, 7) is 1.77. The molecule has 1 atom stereocenters. The number of hydrogen-bond acceptors (Lipinski definition) is 4. The average Bonchev–Trinajstić information content (AvgIpc) is 3.47. The molecule has 0 radical (unpaired) electrons. The van der Waals surface area contributed by atoms with E-state index < -0.39 is 21.7 Å². The summed E-state index contributed by atoms with van der Waals surface area (Å²) in [6, 6.07) is 10.5. The number of hydrogen-bond donors (Lipinski definition) is 1. The molecule has 1 aliphatic carbocycles. The largest absolute Gasteiger partial charge is 0.433 e. The van der Waals surface area contributed by atoms with Gasteiger partial charge in [0, 0.05) is 12.6 Å². The molecule has 0 amide bonds. The van der Waals surface area contributed by atoms with Gasteiger partial charge in [-0.15, -0.1) is 0 Å². The zero-order chi connectivity index (χ0) is 19.7. The zero-order valence-corrected chi connectivity index (χ0v) is 15.6. The van der Waals surface area contributed by atoms with Crippen molar-refractivity contribution < 1.29 is 21.6 Å². The number of alkyl halides is 3. The first-order valence-corrected chi connectivity index (χ1v) is 10.4. The second kappa shape index (κ2) is 7.59. The second-order valence-corrected chi connectivity index (χ2v) is 8.96. The molecule has 1 aromatic carbocycles. The van der Waals surface area contributed by atoms with E-state index in [2.05, 4.69) is 10.3 Å². The Kier molecular flexibility index (Phi) is 5.58. The molecule has 1 heterocycles. The molecule has 1 aliphatic rings. The van der Waals surface area contributed by atoms with Crippen molar-refractivity contribution in [3.63, 3.8) is 0 Å². The Morgan fingerprint density at radius 2 is 1.89 bits per heavy atom. The maximum absolute atomic E-state index is 12.8. The number of aromatic nitrogens is 1. The van der Waals surface area contributed by atoms with Crippen LogP contribution in [0, 0.1) is 5.92 Å². The smallest absolute Gasteiger partial charge is 0.304 e. The molecule has 2 aromatic rings. The van der Waals surface area contributed by atoms with Crippen LogP contribution < -0.4 is 5.32 Å². The highest BCUT2D eigenvalue weighted by molar-refractivity contribution is 7.91. The summed E-state index contributed by atoms with van der Waals surface area (Å²) in [7, 11) is -3.31. The third kappa shape index (κ3) is 4.87. The standard InChI is InChI=1S/C19H21F3N2O2S/c1-2-27(25,26)16-7-3-5-14(11-16)18(13-9-10-13)23-12-15-6-4-8-17(24-15)19(20,21)22/h3-8,11,13,18,23H,2,9-10,12H2,1H3/t18-/m0/s1. The molecule has 4 nitrogen and oxygen atoms in total. The van der Waals surface area contributed by atoms with Crippen molar-refractivity contribution in [3.8, 4) is 0 Å². The number of halogens is 3. The summed E-state index contributed by atoms with van der Waals surface area (Å²) in [4.78, 5) is 3.95. The lowest BCUT2D eigenvalue weighted by atomic mass is 10.0. The van der Waals surface area contributed by atoms with E-state index in [0.29, 0.717) is 11.6 Å². The van der Waals surface area contributed by atoms with Gasteiger partial charge in [-0.25, -0.2) is 13.4 Å². The van der Waals surface area contributed by atoms with Gasteiger partial charge in [-0.3, -0.25) is 0 Å². The first-order chi connectivity index (χ1) is 12.7. The highest BCUT2D eigenvalue weighted by Crippen LogP contribution is 2.41. The van der Waals surface area contributed by atoms with Crippen LogP contribution in [0.4, 0.5) is 13.2 Å². The van der Waals surface area contributed by atoms with E-state index in [-0.39, 0.29) is 23.2 Å². The van der Waals surface area contributed by atoms with Crippen LogP contribution in [0.2, 0.25) is 0 Å². The molecule has 0 unspecified atom stereocenters. The van der Waals surface area contributed by atoms with Crippen LogP contribution in [0.3, 0.4) is 0 Å². The molecule has 146 valence electrons. The van der Waals surface area contributed by atoms with Gasteiger partial charge in [0.05, 0.1) is 16.3 Å². The van der Waals surface area contributed by atoms with Gasteiger partial charge >= 0.3 is 6.18 Å². The Hall–Kier alpha value is -1.93. The van der Waals surface area contributed by atoms with E-state index in [1.807, 2.05) is 6.07 Å². The molecule has 0 spiro atoms. The van der Waals surface area contributed by atoms with Crippen molar-refractivity contribution >= 4 is 9.84 Å². The highest BCUT2D eigenvalue weighted by Gasteiger charge is 2.34. The molecule has 0 saturated heterocycles. The Balaban J connectivity index is 1.79. The Morgan fingerprint density at radius 1 is 1.19 bits per heavy atom. The first kappa shape index (κ1) is 19.8. The monoisotopic (exact) mass is 398 g/mol. The van der Waals surface area contributed by atoms with E-state index in [0.717, 1.165) is 24.5 Å². The predicted octanol–water partition coefficient (Wildman–Crippen LogP) is 4.13. The predicted molar refractivity (Wildman–Crippen MR) is 95.7 cm³/mol. The lowest BCUT2D eigenvalue weighted by molar-refractivity contribution is -0.141. The minimum absolute atomic E-state index is 0.0200. The van der Waals surface area contributed by atoms with Gasteiger partial charge in [0.15, 0.2) is 9.84 Å². The van der Waals surface area contributed by atoms with Crippen LogP contribution in [0.25, 0.3) is 0 Å². The fourth-order valence-corrected chi connectivity index (χ4v) is 3.94. The van der Waals surface area contributed by atoms with Crippen molar-refractivity contribution in [2.75, 3.05) is 5.75 Å². The van der Waals surface area contributed by atoms with Gasteiger partial charge in [-0.05, 0) is 48.6 Å². The van der Waals surface area contributed by atoms with Crippen molar-refractivity contribution in [1.82, 2.24) is 10.3 Å². The Labute approximate surface area is 156 Å². The van der Waals surface area contributed by atoms with Crippen LogP contribution >= 0.6 is 0 Å². The van der Waals surface area contributed by atoms with E-state index in [4.69, 9.17) is 0 Å². The molecular weight excluding hydrogens is 377 g/mol. The quantitative estimate of drug-likeness (QED) is 0.762. The van der Waals surface area contributed by atoms with Crippen LogP contribution in [0.15, 0.2) is 47.4 Å². The van der Waals surface area contributed by atoms with Crippen molar-refractivity contribution in [3.05, 3.63) is 59.4 Å². The third-order valence-electron chi connectivity index (χ3n) is 4.65. The van der Waals surface area contributed by atoms with Gasteiger partial charge in [-0.1, -0.05) is 25.1 Å². The lowest BCUT2D eigenvalue weighted by Crippen LogP contribution is -2.24. The summed E-state index contributed by atoms with van der Waals surface area (Å²) in [5.41, 5.74) is 0.215. The Morgan fingerprint density at radius 3 is 2.52 bits per heavy atom. The molecule has 0 aliphatic heterocycles. The van der Waals surface area contributed by atoms with Crippen LogP contribution in [-0.2, 0) is 22.6 Å². The molecule has 1 N–H and O–H groups in total. The summed E-state index contributed by atoms with van der Waals surface area (Å²) in [5, 5.41) is 3.26. The topological polar surface area (TPSA) is 59.1 Å². The summed E-state index contributed by atoms with van der Waals surface area (Å²) in [5.74, 6) is 0.363. The van der Waals surface area contributed by atoms with Crippen molar-refractivity contribution in [2.24, 2.45) is 5.92 Å². The van der Waals surface area contributed by atoms with Gasteiger partial charge in [0.1, 0.15) is 5.69 Å². The van der Waals surface area contributed by atoms with Gasteiger partial charge in [0.25, 0.3) is 0 Å². The molecule has 1 saturated carbocycles. The number of nitrogens with zero attached hydrogens (tertiary/aromatic N) is 1. The van der Waals surface area contributed by atoms with E-state index >= 15 is 0 Å². The minimum Gasteiger partial charge on any atom is -0.304 e. The second-order valence-electron chi connectivity index (χ2n) is 6.68.